The standard InChI is InChI=1S/C13H13F2N7O2/c14-13(15)24-11-3-9(20-21-11)18-10-5-16-8-4-17-22(12(8)19-10)6-1-7(23)2-6/h3-7,13,23H,1-2H2,(H2,18,19,20,21). The summed E-state index contributed by atoms with van der Waals surface area (Å²) in [5.41, 5.74) is 1.22. The van der Waals surface area contributed by atoms with Gasteiger partial charge in [0.25, 0.3) is 0 Å². The number of aromatic nitrogens is 6. The van der Waals surface area contributed by atoms with Gasteiger partial charge < -0.3 is 15.2 Å². The van der Waals surface area contributed by atoms with Gasteiger partial charge in [0, 0.05) is 6.07 Å². The van der Waals surface area contributed by atoms with Crippen molar-refractivity contribution in [3.63, 3.8) is 0 Å². The molecular weight excluding hydrogens is 324 g/mol. The van der Waals surface area contributed by atoms with E-state index in [1.807, 2.05) is 0 Å². The molecule has 0 amide bonds. The van der Waals surface area contributed by atoms with Gasteiger partial charge in [-0.2, -0.15) is 13.9 Å². The first kappa shape index (κ1) is 14.8. The Bertz CT molecular complexity index is 859. The van der Waals surface area contributed by atoms with Crippen molar-refractivity contribution in [3.8, 4) is 5.88 Å². The number of aliphatic hydroxyl groups excluding tert-OH is 1. The normalized spacial score (nSPS) is 20.3. The number of hydrogen-bond donors (Lipinski definition) is 3. The van der Waals surface area contributed by atoms with Gasteiger partial charge in [0.2, 0.25) is 5.88 Å². The Labute approximate surface area is 133 Å². The highest BCUT2D eigenvalue weighted by molar-refractivity contribution is 5.72. The van der Waals surface area contributed by atoms with Crippen LogP contribution in [0.1, 0.15) is 18.9 Å². The third kappa shape index (κ3) is 2.73. The minimum atomic E-state index is -2.94. The van der Waals surface area contributed by atoms with E-state index >= 15 is 0 Å². The monoisotopic (exact) mass is 337 g/mol. The second kappa shape index (κ2) is 5.67. The SMILES string of the molecule is OC1CC(n2ncc3ncc(Nc4cc(OC(F)F)n[nH]4)nc32)C1. The summed E-state index contributed by atoms with van der Waals surface area (Å²) >= 11 is 0. The molecule has 3 aromatic rings. The van der Waals surface area contributed by atoms with Crippen molar-refractivity contribution in [1.82, 2.24) is 29.9 Å². The molecule has 9 nitrogen and oxygen atoms in total. The molecular formula is C13H13F2N7O2. The quantitative estimate of drug-likeness (QED) is 0.648. The van der Waals surface area contributed by atoms with Crippen LogP contribution in [-0.4, -0.2) is 47.8 Å². The van der Waals surface area contributed by atoms with Gasteiger partial charge >= 0.3 is 6.61 Å². The van der Waals surface area contributed by atoms with Crippen LogP contribution in [0.3, 0.4) is 0 Å². The molecule has 11 heteroatoms. The lowest BCUT2D eigenvalue weighted by atomic mass is 9.90. The number of ether oxygens (including phenoxy) is 1. The Morgan fingerprint density at radius 2 is 2.21 bits per heavy atom. The van der Waals surface area contributed by atoms with Gasteiger partial charge in [0.15, 0.2) is 11.5 Å². The zero-order valence-electron chi connectivity index (χ0n) is 12.2. The largest absolute Gasteiger partial charge is 0.415 e. The summed E-state index contributed by atoms with van der Waals surface area (Å²) in [7, 11) is 0. The molecule has 0 aliphatic heterocycles. The summed E-state index contributed by atoms with van der Waals surface area (Å²) in [5.74, 6) is 0.510. The van der Waals surface area contributed by atoms with E-state index in [0.29, 0.717) is 35.6 Å². The number of aliphatic hydroxyl groups is 1. The van der Waals surface area contributed by atoms with E-state index in [0.717, 1.165) is 0 Å². The maximum Gasteiger partial charge on any atom is 0.388 e. The fraction of sp³-hybridized carbons (Fsp3) is 0.385. The number of nitrogens with one attached hydrogen (secondary N) is 2. The van der Waals surface area contributed by atoms with Crippen LogP contribution in [0.4, 0.5) is 20.4 Å². The Morgan fingerprint density at radius 3 is 2.96 bits per heavy atom. The molecule has 0 atom stereocenters. The average Bonchev–Trinajstić information content (AvgIpc) is 3.10. The first-order valence-electron chi connectivity index (χ1n) is 7.24. The van der Waals surface area contributed by atoms with Gasteiger partial charge in [-0.05, 0) is 12.8 Å². The topological polar surface area (TPSA) is 114 Å². The highest BCUT2D eigenvalue weighted by Gasteiger charge is 2.30. The van der Waals surface area contributed by atoms with Gasteiger partial charge in [-0.1, -0.05) is 0 Å². The number of H-pyrrole nitrogens is 1. The molecule has 1 aliphatic carbocycles. The maximum atomic E-state index is 12.1. The summed E-state index contributed by atoms with van der Waals surface area (Å²) in [5, 5.41) is 22.7. The van der Waals surface area contributed by atoms with E-state index in [2.05, 4.69) is 35.3 Å². The summed E-state index contributed by atoms with van der Waals surface area (Å²) in [4.78, 5) is 8.69. The number of rotatable bonds is 5. The number of nitrogens with zero attached hydrogens (tertiary/aromatic N) is 5. The third-order valence-electron chi connectivity index (χ3n) is 3.76. The van der Waals surface area contributed by atoms with Crippen molar-refractivity contribution in [2.45, 2.75) is 31.6 Å². The number of alkyl halides is 2. The van der Waals surface area contributed by atoms with Gasteiger partial charge in [-0.25, -0.2) is 14.6 Å². The molecule has 3 N–H and O–H groups in total. The molecule has 126 valence electrons. The van der Waals surface area contributed by atoms with Gasteiger partial charge in [-0.3, -0.25) is 5.10 Å². The molecule has 0 radical (unpaired) electrons. The van der Waals surface area contributed by atoms with E-state index in [4.69, 9.17) is 0 Å². The maximum absolute atomic E-state index is 12.1. The van der Waals surface area contributed by atoms with Crippen LogP contribution in [0.15, 0.2) is 18.5 Å². The molecule has 0 unspecified atom stereocenters. The summed E-state index contributed by atoms with van der Waals surface area (Å²) in [6, 6.07) is 1.39. The number of hydrogen-bond acceptors (Lipinski definition) is 7. The molecule has 0 spiro atoms. The van der Waals surface area contributed by atoms with E-state index in [1.54, 1.807) is 10.9 Å². The van der Waals surface area contributed by atoms with Crippen LogP contribution in [-0.2, 0) is 0 Å². The molecule has 4 rings (SSSR count). The van der Waals surface area contributed by atoms with Crippen molar-refractivity contribution in [3.05, 3.63) is 18.5 Å². The van der Waals surface area contributed by atoms with Crippen LogP contribution in [0.5, 0.6) is 5.88 Å². The molecule has 1 aliphatic rings. The van der Waals surface area contributed by atoms with E-state index < -0.39 is 6.61 Å². The Kier molecular flexibility index (Phi) is 3.49. The summed E-state index contributed by atoms with van der Waals surface area (Å²) in [6.45, 7) is -2.94. The molecule has 24 heavy (non-hydrogen) atoms. The zero-order chi connectivity index (χ0) is 16.7. The van der Waals surface area contributed by atoms with Crippen LogP contribution in [0.25, 0.3) is 11.2 Å². The minimum absolute atomic E-state index is 0.0975. The molecule has 0 bridgehead atoms. The Hall–Kier alpha value is -2.82. The second-order valence-electron chi connectivity index (χ2n) is 5.46. The van der Waals surface area contributed by atoms with Crippen LogP contribution >= 0.6 is 0 Å². The first-order valence-corrected chi connectivity index (χ1v) is 7.24. The lowest BCUT2D eigenvalue weighted by molar-refractivity contribution is -0.0528. The first-order chi connectivity index (χ1) is 11.6. The number of anilines is 2. The lowest BCUT2D eigenvalue weighted by Gasteiger charge is -2.31. The highest BCUT2D eigenvalue weighted by atomic mass is 19.3. The highest BCUT2D eigenvalue weighted by Crippen LogP contribution is 2.33. The number of fused-ring (bicyclic) bond motifs is 1. The minimum Gasteiger partial charge on any atom is -0.415 e. The fourth-order valence-corrected chi connectivity index (χ4v) is 2.56. The van der Waals surface area contributed by atoms with Crippen molar-refractivity contribution < 1.29 is 18.6 Å². The Morgan fingerprint density at radius 1 is 1.38 bits per heavy atom. The summed E-state index contributed by atoms with van der Waals surface area (Å²) in [6.07, 6.45) is 4.07. The molecule has 0 aromatic carbocycles. The molecule has 3 aromatic heterocycles. The van der Waals surface area contributed by atoms with Crippen LogP contribution < -0.4 is 10.1 Å². The van der Waals surface area contributed by atoms with Crippen LogP contribution in [0, 0.1) is 0 Å². The van der Waals surface area contributed by atoms with Gasteiger partial charge in [-0.15, -0.1) is 5.10 Å². The second-order valence-corrected chi connectivity index (χ2v) is 5.46. The molecule has 3 heterocycles. The lowest BCUT2D eigenvalue weighted by Crippen LogP contribution is -2.31. The van der Waals surface area contributed by atoms with Crippen molar-refractivity contribution >= 4 is 22.8 Å². The number of halogens is 2. The smallest absolute Gasteiger partial charge is 0.388 e. The predicted octanol–water partition coefficient (Wildman–Crippen LogP) is 1.59. The third-order valence-corrected chi connectivity index (χ3v) is 3.76. The zero-order valence-corrected chi connectivity index (χ0v) is 12.2. The molecule has 0 saturated heterocycles. The average molecular weight is 337 g/mol. The van der Waals surface area contributed by atoms with Crippen molar-refractivity contribution in [2.24, 2.45) is 0 Å². The van der Waals surface area contributed by atoms with E-state index in [9.17, 15) is 13.9 Å². The van der Waals surface area contributed by atoms with Gasteiger partial charge in [0.1, 0.15) is 11.3 Å². The van der Waals surface area contributed by atoms with Gasteiger partial charge in [0.05, 0.1) is 24.5 Å². The van der Waals surface area contributed by atoms with Crippen molar-refractivity contribution in [1.29, 1.82) is 0 Å². The predicted molar refractivity (Wildman–Crippen MR) is 78.1 cm³/mol. The molecule has 1 saturated carbocycles. The Balaban J connectivity index is 1.56. The van der Waals surface area contributed by atoms with Crippen LogP contribution in [0.2, 0.25) is 0 Å². The van der Waals surface area contributed by atoms with Crippen molar-refractivity contribution in [2.75, 3.05) is 5.32 Å². The number of aromatic amines is 1. The van der Waals surface area contributed by atoms with E-state index in [-0.39, 0.29) is 18.0 Å². The molecule has 1 fully saturated rings. The van der Waals surface area contributed by atoms with E-state index in [1.165, 1.54) is 12.3 Å². The summed E-state index contributed by atoms with van der Waals surface area (Å²) < 4.78 is 30.2. The fourth-order valence-electron chi connectivity index (χ4n) is 2.56.